The fraction of sp³-hybridized carbons (Fsp3) is 0.333. The molecule has 144 valence electrons. The number of halogens is 3. The number of ether oxygens (including phenoxy) is 1. The second-order valence-corrected chi connectivity index (χ2v) is 6.68. The molecule has 0 saturated heterocycles. The standard InChI is InChI=1S/C21H22F2N2O.ClH/c22-16-6-2-8-19(21(16)23)26-13-3-5-14-4-1-7-18-20(14)15-9-11-24-12-10-17(15)25-18;/h1-2,4,6-8,24-25H,3,5,9-13H2;1H. The zero-order chi connectivity index (χ0) is 17.9. The number of rotatable bonds is 5. The molecule has 4 rings (SSSR count). The molecule has 2 aromatic carbocycles. The van der Waals surface area contributed by atoms with Crippen molar-refractivity contribution in [1.29, 1.82) is 0 Å². The molecule has 0 radical (unpaired) electrons. The number of aromatic amines is 1. The zero-order valence-electron chi connectivity index (χ0n) is 15.0. The van der Waals surface area contributed by atoms with Gasteiger partial charge in [0.15, 0.2) is 11.6 Å². The number of nitrogens with one attached hydrogen (secondary N) is 2. The van der Waals surface area contributed by atoms with E-state index in [0.29, 0.717) is 6.61 Å². The quantitative estimate of drug-likeness (QED) is 0.624. The van der Waals surface area contributed by atoms with Crippen LogP contribution < -0.4 is 10.1 Å². The van der Waals surface area contributed by atoms with E-state index in [9.17, 15) is 8.78 Å². The number of aryl methyl sites for hydroxylation is 1. The molecule has 0 aliphatic carbocycles. The molecule has 6 heteroatoms. The van der Waals surface area contributed by atoms with Crippen molar-refractivity contribution in [2.75, 3.05) is 19.7 Å². The molecule has 0 fully saturated rings. The SMILES string of the molecule is Cl.Fc1cccc(OCCCc2cccc3[nH]c4c(c23)CCNCC4)c1F. The summed E-state index contributed by atoms with van der Waals surface area (Å²) in [5.41, 5.74) is 5.21. The molecule has 2 heterocycles. The van der Waals surface area contributed by atoms with E-state index in [4.69, 9.17) is 4.74 Å². The van der Waals surface area contributed by atoms with Crippen molar-refractivity contribution in [3.8, 4) is 5.75 Å². The van der Waals surface area contributed by atoms with Crippen LogP contribution >= 0.6 is 12.4 Å². The molecular weight excluding hydrogens is 370 g/mol. The van der Waals surface area contributed by atoms with E-state index in [1.807, 2.05) is 0 Å². The van der Waals surface area contributed by atoms with Gasteiger partial charge in [0.05, 0.1) is 6.61 Å². The first-order valence-electron chi connectivity index (χ1n) is 9.13. The first kappa shape index (κ1) is 19.6. The van der Waals surface area contributed by atoms with Gasteiger partial charge in [0.25, 0.3) is 0 Å². The van der Waals surface area contributed by atoms with Crippen LogP contribution in [0.5, 0.6) is 5.75 Å². The molecule has 0 saturated carbocycles. The van der Waals surface area contributed by atoms with Gasteiger partial charge in [-0.2, -0.15) is 4.39 Å². The molecule has 2 N–H and O–H groups in total. The van der Waals surface area contributed by atoms with Gasteiger partial charge in [0.2, 0.25) is 5.82 Å². The van der Waals surface area contributed by atoms with Crippen molar-refractivity contribution in [2.24, 2.45) is 0 Å². The lowest BCUT2D eigenvalue weighted by molar-refractivity contribution is 0.290. The smallest absolute Gasteiger partial charge is 0.200 e. The summed E-state index contributed by atoms with van der Waals surface area (Å²) in [6, 6.07) is 10.3. The van der Waals surface area contributed by atoms with Crippen molar-refractivity contribution in [3.63, 3.8) is 0 Å². The van der Waals surface area contributed by atoms with Crippen molar-refractivity contribution >= 4 is 23.3 Å². The lowest BCUT2D eigenvalue weighted by Crippen LogP contribution is -2.16. The highest BCUT2D eigenvalue weighted by Crippen LogP contribution is 2.28. The zero-order valence-corrected chi connectivity index (χ0v) is 15.8. The van der Waals surface area contributed by atoms with Crippen LogP contribution in [-0.2, 0) is 19.3 Å². The molecule has 0 spiro atoms. The van der Waals surface area contributed by atoms with E-state index < -0.39 is 11.6 Å². The van der Waals surface area contributed by atoms with Crippen LogP contribution in [0.1, 0.15) is 23.2 Å². The Kier molecular flexibility index (Phi) is 6.34. The average molecular weight is 393 g/mol. The summed E-state index contributed by atoms with van der Waals surface area (Å²) in [6.45, 7) is 2.35. The third-order valence-electron chi connectivity index (χ3n) is 4.97. The van der Waals surface area contributed by atoms with E-state index >= 15 is 0 Å². The fourth-order valence-corrected chi connectivity index (χ4v) is 3.74. The second kappa shape index (κ2) is 8.72. The van der Waals surface area contributed by atoms with Gasteiger partial charge >= 0.3 is 0 Å². The second-order valence-electron chi connectivity index (χ2n) is 6.68. The Morgan fingerprint density at radius 1 is 1.00 bits per heavy atom. The molecule has 3 nitrogen and oxygen atoms in total. The molecule has 27 heavy (non-hydrogen) atoms. The van der Waals surface area contributed by atoms with Crippen LogP contribution in [0.2, 0.25) is 0 Å². The molecule has 0 unspecified atom stereocenters. The van der Waals surface area contributed by atoms with Gasteiger partial charge in [-0.15, -0.1) is 12.4 Å². The summed E-state index contributed by atoms with van der Waals surface area (Å²) in [4.78, 5) is 3.56. The minimum atomic E-state index is -0.918. The van der Waals surface area contributed by atoms with Crippen molar-refractivity contribution in [1.82, 2.24) is 10.3 Å². The van der Waals surface area contributed by atoms with Gasteiger partial charge in [-0.3, -0.25) is 0 Å². The Labute approximate surface area is 163 Å². The minimum absolute atomic E-state index is 0. The molecular formula is C21H23ClF2N2O. The molecule has 3 aromatic rings. The maximum absolute atomic E-state index is 13.6. The highest BCUT2D eigenvalue weighted by atomic mass is 35.5. The third kappa shape index (κ3) is 4.09. The topological polar surface area (TPSA) is 37.0 Å². The number of hydrogen-bond acceptors (Lipinski definition) is 2. The number of aromatic nitrogens is 1. The van der Waals surface area contributed by atoms with Crippen LogP contribution in [0, 0.1) is 11.6 Å². The lowest BCUT2D eigenvalue weighted by atomic mass is 9.99. The van der Waals surface area contributed by atoms with E-state index in [2.05, 4.69) is 28.5 Å². The van der Waals surface area contributed by atoms with Gasteiger partial charge in [0, 0.05) is 29.6 Å². The van der Waals surface area contributed by atoms with Crippen LogP contribution in [0.4, 0.5) is 8.78 Å². The number of hydrogen-bond donors (Lipinski definition) is 2. The number of H-pyrrole nitrogens is 1. The summed E-state index contributed by atoms with van der Waals surface area (Å²) < 4.78 is 32.3. The maximum atomic E-state index is 13.6. The number of fused-ring (bicyclic) bond motifs is 3. The maximum Gasteiger partial charge on any atom is 0.200 e. The molecule has 0 bridgehead atoms. The minimum Gasteiger partial charge on any atom is -0.490 e. The molecule has 1 aromatic heterocycles. The van der Waals surface area contributed by atoms with Gasteiger partial charge < -0.3 is 15.0 Å². The summed E-state index contributed by atoms with van der Waals surface area (Å²) in [6.07, 6.45) is 3.63. The third-order valence-corrected chi connectivity index (χ3v) is 4.97. The van der Waals surface area contributed by atoms with Crippen molar-refractivity contribution in [3.05, 3.63) is 64.9 Å². The Morgan fingerprint density at radius 2 is 1.81 bits per heavy atom. The van der Waals surface area contributed by atoms with E-state index in [1.165, 1.54) is 39.9 Å². The lowest BCUT2D eigenvalue weighted by Gasteiger charge is -2.09. The van der Waals surface area contributed by atoms with Gasteiger partial charge in [-0.05, 0) is 55.1 Å². The van der Waals surface area contributed by atoms with Gasteiger partial charge in [-0.1, -0.05) is 18.2 Å². The number of benzene rings is 2. The molecule has 0 amide bonds. The van der Waals surface area contributed by atoms with E-state index in [1.54, 1.807) is 0 Å². The molecule has 1 aliphatic rings. The monoisotopic (exact) mass is 392 g/mol. The van der Waals surface area contributed by atoms with Crippen LogP contribution in [0.25, 0.3) is 10.9 Å². The van der Waals surface area contributed by atoms with E-state index in [0.717, 1.165) is 44.8 Å². The van der Waals surface area contributed by atoms with Crippen LogP contribution in [-0.4, -0.2) is 24.7 Å². The van der Waals surface area contributed by atoms with Gasteiger partial charge in [0.1, 0.15) is 0 Å². The largest absolute Gasteiger partial charge is 0.490 e. The predicted molar refractivity (Wildman–Crippen MR) is 106 cm³/mol. The first-order valence-corrected chi connectivity index (χ1v) is 9.13. The highest BCUT2D eigenvalue weighted by Gasteiger charge is 2.16. The summed E-state index contributed by atoms with van der Waals surface area (Å²) >= 11 is 0. The summed E-state index contributed by atoms with van der Waals surface area (Å²) in [5, 5.41) is 4.76. The summed E-state index contributed by atoms with van der Waals surface area (Å²) in [5.74, 6) is -1.82. The highest BCUT2D eigenvalue weighted by molar-refractivity contribution is 5.88. The van der Waals surface area contributed by atoms with Gasteiger partial charge in [-0.25, -0.2) is 4.39 Å². The Balaban J connectivity index is 0.00000210. The molecule has 1 aliphatic heterocycles. The van der Waals surface area contributed by atoms with Crippen LogP contribution in [0.3, 0.4) is 0 Å². The van der Waals surface area contributed by atoms with Crippen LogP contribution in [0.15, 0.2) is 36.4 Å². The fourth-order valence-electron chi connectivity index (χ4n) is 3.74. The van der Waals surface area contributed by atoms with Crippen molar-refractivity contribution < 1.29 is 13.5 Å². The first-order chi connectivity index (χ1) is 12.7. The predicted octanol–water partition coefficient (Wildman–Crippen LogP) is 4.57. The normalized spacial score (nSPS) is 13.7. The Bertz CT molecular complexity index is 926. The average Bonchev–Trinajstić information content (AvgIpc) is 2.84. The van der Waals surface area contributed by atoms with Crippen molar-refractivity contribution in [2.45, 2.75) is 25.7 Å². The molecule has 0 atom stereocenters. The Hall–Kier alpha value is -2.11. The summed E-state index contributed by atoms with van der Waals surface area (Å²) in [7, 11) is 0. The Morgan fingerprint density at radius 3 is 2.70 bits per heavy atom. The van der Waals surface area contributed by atoms with E-state index in [-0.39, 0.29) is 18.2 Å².